The van der Waals surface area contributed by atoms with Crippen LogP contribution in [0.25, 0.3) is 0 Å². The summed E-state index contributed by atoms with van der Waals surface area (Å²) in [7, 11) is 0. The summed E-state index contributed by atoms with van der Waals surface area (Å²) in [5, 5.41) is 11.9. The Morgan fingerprint density at radius 2 is 1.80 bits per heavy atom. The van der Waals surface area contributed by atoms with Crippen LogP contribution >= 0.6 is 22.9 Å². The Morgan fingerprint density at radius 3 is 2.48 bits per heavy atom. The highest BCUT2D eigenvalue weighted by Gasteiger charge is 2.10. The van der Waals surface area contributed by atoms with E-state index in [1.807, 2.05) is 17.5 Å². The first kappa shape index (κ1) is 17.3. The van der Waals surface area contributed by atoms with Crippen LogP contribution in [0.5, 0.6) is 17.2 Å². The molecule has 0 radical (unpaired) electrons. The van der Waals surface area contributed by atoms with Crippen molar-refractivity contribution in [2.75, 3.05) is 6.61 Å². The van der Waals surface area contributed by atoms with Gasteiger partial charge in [-0.2, -0.15) is 0 Å². The zero-order valence-corrected chi connectivity index (χ0v) is 14.7. The minimum absolute atomic E-state index is 0.109. The van der Waals surface area contributed by atoms with Crippen LogP contribution < -0.4 is 9.47 Å². The quantitative estimate of drug-likeness (QED) is 0.592. The molecule has 0 unspecified atom stereocenters. The lowest BCUT2D eigenvalue weighted by Crippen LogP contribution is -2.03. The van der Waals surface area contributed by atoms with Crippen molar-refractivity contribution in [2.45, 2.75) is 6.42 Å². The highest BCUT2D eigenvalue weighted by Crippen LogP contribution is 2.28. The summed E-state index contributed by atoms with van der Waals surface area (Å²) in [5.41, 5.74) is 0.109. The molecule has 0 fully saturated rings. The van der Waals surface area contributed by atoms with Crippen LogP contribution in [0.1, 0.15) is 15.2 Å². The molecule has 0 aliphatic heterocycles. The number of ether oxygens (including phenoxy) is 2. The van der Waals surface area contributed by atoms with Crippen LogP contribution in [0.3, 0.4) is 0 Å². The van der Waals surface area contributed by atoms with Crippen molar-refractivity contribution >= 4 is 28.9 Å². The fraction of sp³-hybridized carbons (Fsp3) is 0.105. The van der Waals surface area contributed by atoms with Gasteiger partial charge < -0.3 is 14.6 Å². The van der Waals surface area contributed by atoms with E-state index in [9.17, 15) is 9.90 Å². The SMILES string of the molecule is O=C(O)c1cc(OCCc2cccs2)cc(Oc2ccc(Cl)cc2)c1. The minimum Gasteiger partial charge on any atom is -0.493 e. The van der Waals surface area contributed by atoms with E-state index in [0.29, 0.717) is 28.9 Å². The number of benzene rings is 2. The van der Waals surface area contributed by atoms with Crippen LogP contribution in [-0.4, -0.2) is 17.7 Å². The van der Waals surface area contributed by atoms with Gasteiger partial charge in [-0.15, -0.1) is 11.3 Å². The van der Waals surface area contributed by atoms with E-state index in [4.69, 9.17) is 21.1 Å². The third kappa shape index (κ3) is 4.98. The van der Waals surface area contributed by atoms with Crippen LogP contribution in [-0.2, 0) is 6.42 Å². The smallest absolute Gasteiger partial charge is 0.335 e. The van der Waals surface area contributed by atoms with E-state index in [1.165, 1.54) is 17.0 Å². The molecule has 4 nitrogen and oxygen atoms in total. The molecule has 3 rings (SSSR count). The van der Waals surface area contributed by atoms with Crippen molar-refractivity contribution in [3.8, 4) is 17.2 Å². The maximum atomic E-state index is 11.3. The van der Waals surface area contributed by atoms with Crippen molar-refractivity contribution in [3.05, 3.63) is 75.4 Å². The first-order chi connectivity index (χ1) is 12.1. The van der Waals surface area contributed by atoms with Crippen molar-refractivity contribution in [1.29, 1.82) is 0 Å². The lowest BCUT2D eigenvalue weighted by Gasteiger charge is -2.11. The van der Waals surface area contributed by atoms with Crippen LogP contribution in [0.4, 0.5) is 0 Å². The topological polar surface area (TPSA) is 55.8 Å². The van der Waals surface area contributed by atoms with E-state index in [0.717, 1.165) is 6.42 Å². The van der Waals surface area contributed by atoms with E-state index in [1.54, 1.807) is 41.7 Å². The molecule has 1 heterocycles. The van der Waals surface area contributed by atoms with E-state index in [2.05, 4.69) is 0 Å². The highest BCUT2D eigenvalue weighted by molar-refractivity contribution is 7.09. The zero-order chi connectivity index (χ0) is 17.6. The molecule has 3 aromatic rings. The molecule has 1 aromatic heterocycles. The molecule has 0 bridgehead atoms. The molecule has 25 heavy (non-hydrogen) atoms. The molecule has 0 atom stereocenters. The Labute approximate surface area is 154 Å². The van der Waals surface area contributed by atoms with Gasteiger partial charge in [-0.25, -0.2) is 4.79 Å². The molecule has 0 spiro atoms. The Hall–Kier alpha value is -2.50. The number of hydrogen-bond donors (Lipinski definition) is 1. The number of thiophene rings is 1. The Kier molecular flexibility index (Phi) is 5.58. The van der Waals surface area contributed by atoms with Gasteiger partial charge in [-0.05, 0) is 47.8 Å². The largest absolute Gasteiger partial charge is 0.493 e. The summed E-state index contributed by atoms with van der Waals surface area (Å²) >= 11 is 7.52. The van der Waals surface area contributed by atoms with Crippen molar-refractivity contribution in [3.63, 3.8) is 0 Å². The second-order valence-corrected chi connectivity index (χ2v) is 6.70. The third-order valence-corrected chi connectivity index (χ3v) is 4.56. The molecule has 128 valence electrons. The Balaban J connectivity index is 1.74. The normalized spacial score (nSPS) is 10.4. The van der Waals surface area contributed by atoms with Gasteiger partial charge >= 0.3 is 5.97 Å². The predicted molar refractivity (Wildman–Crippen MR) is 98.4 cm³/mol. The van der Waals surface area contributed by atoms with Crippen molar-refractivity contribution in [1.82, 2.24) is 0 Å². The lowest BCUT2D eigenvalue weighted by molar-refractivity contribution is 0.0696. The first-order valence-corrected chi connectivity index (χ1v) is 8.83. The maximum absolute atomic E-state index is 11.3. The fourth-order valence-corrected chi connectivity index (χ4v) is 3.02. The third-order valence-electron chi connectivity index (χ3n) is 3.37. The number of rotatable bonds is 7. The maximum Gasteiger partial charge on any atom is 0.335 e. The molecule has 0 aliphatic rings. The standard InChI is InChI=1S/C19H15ClO4S/c20-14-3-5-15(6-4-14)24-17-11-13(19(21)22)10-16(12-17)23-8-7-18-2-1-9-25-18/h1-6,9-12H,7-8H2,(H,21,22). The average molecular weight is 375 g/mol. The average Bonchev–Trinajstić information content (AvgIpc) is 3.10. The van der Waals surface area contributed by atoms with Gasteiger partial charge in [0, 0.05) is 22.4 Å². The lowest BCUT2D eigenvalue weighted by atomic mass is 10.2. The fourth-order valence-electron chi connectivity index (χ4n) is 2.20. The van der Waals surface area contributed by atoms with Gasteiger partial charge in [0.25, 0.3) is 0 Å². The van der Waals surface area contributed by atoms with E-state index < -0.39 is 5.97 Å². The van der Waals surface area contributed by atoms with Crippen LogP contribution in [0, 0.1) is 0 Å². The molecule has 1 N–H and O–H groups in total. The number of carboxylic acid groups (broad SMARTS) is 1. The molecule has 2 aromatic carbocycles. The zero-order valence-electron chi connectivity index (χ0n) is 13.1. The number of carboxylic acids is 1. The number of carbonyl (C=O) groups is 1. The monoisotopic (exact) mass is 374 g/mol. The van der Waals surface area contributed by atoms with Gasteiger partial charge in [-0.3, -0.25) is 0 Å². The second kappa shape index (κ2) is 8.05. The van der Waals surface area contributed by atoms with Crippen LogP contribution in [0.15, 0.2) is 60.0 Å². The van der Waals surface area contributed by atoms with Gasteiger partial charge in [0.05, 0.1) is 12.2 Å². The van der Waals surface area contributed by atoms with Gasteiger partial charge in [-0.1, -0.05) is 17.7 Å². The van der Waals surface area contributed by atoms with E-state index >= 15 is 0 Å². The first-order valence-electron chi connectivity index (χ1n) is 7.57. The Bertz CT molecular complexity index is 844. The van der Waals surface area contributed by atoms with Gasteiger partial charge in [0.1, 0.15) is 17.2 Å². The molecular weight excluding hydrogens is 360 g/mol. The number of hydrogen-bond acceptors (Lipinski definition) is 4. The Morgan fingerprint density at radius 1 is 1.04 bits per heavy atom. The summed E-state index contributed by atoms with van der Waals surface area (Å²) in [6, 6.07) is 15.5. The molecule has 0 aliphatic carbocycles. The molecule has 0 saturated heterocycles. The summed E-state index contributed by atoms with van der Waals surface area (Å²) in [4.78, 5) is 12.6. The summed E-state index contributed by atoms with van der Waals surface area (Å²) in [6.45, 7) is 0.462. The van der Waals surface area contributed by atoms with Crippen LogP contribution in [0.2, 0.25) is 5.02 Å². The van der Waals surface area contributed by atoms with Crippen molar-refractivity contribution in [2.24, 2.45) is 0 Å². The second-order valence-electron chi connectivity index (χ2n) is 5.23. The summed E-state index contributed by atoms with van der Waals surface area (Å²) in [5.74, 6) is 0.384. The minimum atomic E-state index is -1.04. The van der Waals surface area contributed by atoms with Crippen molar-refractivity contribution < 1.29 is 19.4 Å². The number of halogens is 1. The molecule has 0 amide bonds. The van der Waals surface area contributed by atoms with E-state index in [-0.39, 0.29) is 5.56 Å². The number of aromatic carboxylic acids is 1. The highest BCUT2D eigenvalue weighted by atomic mass is 35.5. The molecular formula is C19H15ClO4S. The summed E-state index contributed by atoms with van der Waals surface area (Å²) in [6.07, 6.45) is 0.766. The van der Waals surface area contributed by atoms with Gasteiger partial charge in [0.15, 0.2) is 0 Å². The molecule has 0 saturated carbocycles. The molecule has 6 heteroatoms. The predicted octanol–water partition coefficient (Wildman–Crippen LogP) is 5.51. The summed E-state index contributed by atoms with van der Waals surface area (Å²) < 4.78 is 11.4. The van der Waals surface area contributed by atoms with Gasteiger partial charge in [0.2, 0.25) is 0 Å².